The molecule has 0 amide bonds. The van der Waals surface area contributed by atoms with E-state index in [9.17, 15) is 0 Å². The van der Waals surface area contributed by atoms with Crippen molar-refractivity contribution >= 4 is 35.0 Å². The lowest BCUT2D eigenvalue weighted by molar-refractivity contribution is 0.581. The summed E-state index contributed by atoms with van der Waals surface area (Å²) in [5, 5.41) is 9.58. The molecule has 2 aromatic heterocycles. The first-order valence-corrected chi connectivity index (χ1v) is 7.82. The van der Waals surface area contributed by atoms with Crippen LogP contribution in [-0.2, 0) is 0 Å². The van der Waals surface area contributed by atoms with Crippen LogP contribution in [0.1, 0.15) is 0 Å². The number of hydrogen-bond donors (Lipinski definition) is 0. The highest BCUT2D eigenvalue weighted by Gasteiger charge is 2.16. The first-order chi connectivity index (χ1) is 10.2. The van der Waals surface area contributed by atoms with Crippen LogP contribution in [0.15, 0.2) is 40.0 Å². The van der Waals surface area contributed by atoms with Crippen molar-refractivity contribution in [3.05, 3.63) is 40.5 Å². The molecule has 0 spiro atoms. The molecular formula is C13H8Cl2N4OS. The number of nitrogens with zero attached hydrogens (tertiary/aromatic N) is 4. The maximum Gasteiger partial charge on any atom is 0.268 e. The molecule has 0 aliphatic heterocycles. The average molecular weight is 339 g/mol. The lowest BCUT2D eigenvalue weighted by Gasteiger charge is -2.00. The van der Waals surface area contributed by atoms with Crippen molar-refractivity contribution in [2.24, 2.45) is 0 Å². The lowest BCUT2D eigenvalue weighted by atomic mass is 10.2. The first kappa shape index (κ1) is 14.3. The van der Waals surface area contributed by atoms with E-state index in [-0.39, 0.29) is 5.89 Å². The van der Waals surface area contributed by atoms with Gasteiger partial charge < -0.3 is 4.42 Å². The van der Waals surface area contributed by atoms with E-state index >= 15 is 0 Å². The van der Waals surface area contributed by atoms with E-state index < -0.39 is 0 Å². The van der Waals surface area contributed by atoms with E-state index in [2.05, 4.69) is 20.2 Å². The molecule has 3 rings (SSSR count). The smallest absolute Gasteiger partial charge is 0.268 e. The zero-order valence-corrected chi connectivity index (χ0v) is 13.1. The second-order valence-electron chi connectivity index (χ2n) is 3.97. The molecule has 0 bridgehead atoms. The van der Waals surface area contributed by atoms with Gasteiger partial charge in [-0.25, -0.2) is 9.97 Å². The van der Waals surface area contributed by atoms with Gasteiger partial charge in [-0.15, -0.1) is 10.2 Å². The maximum atomic E-state index is 6.08. The molecule has 0 fully saturated rings. The van der Waals surface area contributed by atoms with Crippen molar-refractivity contribution in [3.63, 3.8) is 0 Å². The molecule has 106 valence electrons. The lowest BCUT2D eigenvalue weighted by Crippen LogP contribution is -1.91. The van der Waals surface area contributed by atoms with Crippen LogP contribution in [0, 0.1) is 0 Å². The van der Waals surface area contributed by atoms with Crippen LogP contribution in [0.2, 0.25) is 10.0 Å². The van der Waals surface area contributed by atoms with Gasteiger partial charge in [0.15, 0.2) is 10.9 Å². The highest BCUT2D eigenvalue weighted by Crippen LogP contribution is 2.28. The molecule has 3 aromatic rings. The summed E-state index contributed by atoms with van der Waals surface area (Å²) in [6.45, 7) is 0. The Balaban J connectivity index is 2.00. The number of aromatic nitrogens is 4. The molecule has 0 saturated carbocycles. The molecule has 5 nitrogen and oxygen atoms in total. The molecule has 0 N–H and O–H groups in total. The van der Waals surface area contributed by atoms with Gasteiger partial charge >= 0.3 is 0 Å². The van der Waals surface area contributed by atoms with Crippen molar-refractivity contribution in [2.75, 3.05) is 6.26 Å². The molecule has 0 aliphatic rings. The summed E-state index contributed by atoms with van der Waals surface area (Å²) in [7, 11) is 0. The van der Waals surface area contributed by atoms with Gasteiger partial charge in [0, 0.05) is 10.6 Å². The summed E-state index contributed by atoms with van der Waals surface area (Å²) in [6.07, 6.45) is 3.39. The molecule has 0 saturated heterocycles. The van der Waals surface area contributed by atoms with Crippen LogP contribution in [0.4, 0.5) is 0 Å². The summed E-state index contributed by atoms with van der Waals surface area (Å²) < 4.78 is 5.63. The first-order valence-electron chi connectivity index (χ1n) is 5.83. The molecule has 0 unspecified atom stereocenters. The number of halogens is 2. The van der Waals surface area contributed by atoms with E-state index in [0.717, 1.165) is 5.56 Å². The molecular weight excluding hydrogens is 331 g/mol. The minimum Gasteiger partial charge on any atom is -0.415 e. The Morgan fingerprint density at radius 1 is 1.05 bits per heavy atom. The minimum atomic E-state index is 0.252. The van der Waals surface area contributed by atoms with Crippen LogP contribution >= 0.6 is 35.0 Å². The third kappa shape index (κ3) is 3.02. The van der Waals surface area contributed by atoms with Gasteiger partial charge in [0.25, 0.3) is 5.89 Å². The van der Waals surface area contributed by atoms with Crippen LogP contribution in [0.3, 0.4) is 0 Å². The zero-order chi connectivity index (χ0) is 14.8. The largest absolute Gasteiger partial charge is 0.415 e. The number of rotatable bonds is 3. The Morgan fingerprint density at radius 3 is 2.48 bits per heavy atom. The van der Waals surface area contributed by atoms with Gasteiger partial charge in [-0.3, -0.25) is 0 Å². The van der Waals surface area contributed by atoms with Gasteiger partial charge in [0.1, 0.15) is 0 Å². The average Bonchev–Trinajstić information content (AvgIpc) is 2.98. The van der Waals surface area contributed by atoms with Crippen molar-refractivity contribution in [1.29, 1.82) is 0 Å². The fourth-order valence-corrected chi connectivity index (χ4v) is 2.27. The van der Waals surface area contributed by atoms with Gasteiger partial charge in [-0.05, 0) is 30.5 Å². The number of hydrogen-bond acceptors (Lipinski definition) is 6. The number of benzene rings is 1. The van der Waals surface area contributed by atoms with E-state index in [1.807, 2.05) is 6.26 Å². The molecule has 0 aliphatic carbocycles. The van der Waals surface area contributed by atoms with E-state index in [1.54, 1.807) is 24.3 Å². The number of thioether (sulfide) groups is 1. The Bertz CT molecular complexity index is 776. The molecule has 1 aromatic carbocycles. The predicted octanol–water partition coefficient (Wildman–Crippen LogP) is 4.22. The summed E-state index contributed by atoms with van der Waals surface area (Å²) in [4.78, 5) is 8.36. The Kier molecular flexibility index (Phi) is 4.10. The van der Waals surface area contributed by atoms with Crippen LogP contribution in [0.25, 0.3) is 23.0 Å². The second kappa shape index (κ2) is 6.01. The predicted molar refractivity (Wildman–Crippen MR) is 82.6 cm³/mol. The van der Waals surface area contributed by atoms with Gasteiger partial charge in [0.05, 0.1) is 11.2 Å². The Hall–Kier alpha value is -1.63. The Morgan fingerprint density at radius 2 is 1.76 bits per heavy atom. The topological polar surface area (TPSA) is 64.7 Å². The zero-order valence-electron chi connectivity index (χ0n) is 10.7. The second-order valence-corrected chi connectivity index (χ2v) is 5.59. The van der Waals surface area contributed by atoms with Crippen LogP contribution < -0.4 is 0 Å². The third-order valence-corrected chi connectivity index (χ3v) is 3.71. The van der Waals surface area contributed by atoms with E-state index in [0.29, 0.717) is 26.8 Å². The maximum absolute atomic E-state index is 6.08. The van der Waals surface area contributed by atoms with Crippen molar-refractivity contribution in [2.45, 2.75) is 5.16 Å². The van der Waals surface area contributed by atoms with Crippen molar-refractivity contribution < 1.29 is 4.42 Å². The Labute approximate surface area is 134 Å². The summed E-state index contributed by atoms with van der Waals surface area (Å²) in [5.41, 5.74) is 1.19. The van der Waals surface area contributed by atoms with Gasteiger partial charge in [-0.2, -0.15) is 0 Å². The quantitative estimate of drug-likeness (QED) is 0.526. The standard InChI is InChI=1S/C13H8Cl2N4OS/c1-21-13-16-6-9(15)10(17-13)12-19-18-11(20-12)7-2-4-8(14)5-3-7/h2-6H,1H3. The van der Waals surface area contributed by atoms with E-state index in [4.69, 9.17) is 27.6 Å². The van der Waals surface area contributed by atoms with Crippen LogP contribution in [-0.4, -0.2) is 26.4 Å². The monoisotopic (exact) mass is 338 g/mol. The fourth-order valence-electron chi connectivity index (χ4n) is 1.63. The highest BCUT2D eigenvalue weighted by molar-refractivity contribution is 7.98. The molecule has 2 heterocycles. The van der Waals surface area contributed by atoms with Crippen LogP contribution in [0.5, 0.6) is 0 Å². The summed E-state index contributed by atoms with van der Waals surface area (Å²) in [6, 6.07) is 7.11. The third-order valence-electron chi connectivity index (χ3n) is 2.62. The minimum absolute atomic E-state index is 0.252. The SMILES string of the molecule is CSc1ncc(Cl)c(-c2nnc(-c3ccc(Cl)cc3)o2)n1. The fraction of sp³-hybridized carbons (Fsp3) is 0.0769. The molecule has 21 heavy (non-hydrogen) atoms. The summed E-state index contributed by atoms with van der Waals surface area (Å²) >= 11 is 13.3. The van der Waals surface area contributed by atoms with Gasteiger partial charge in [-0.1, -0.05) is 35.0 Å². The molecule has 0 atom stereocenters. The van der Waals surface area contributed by atoms with Crippen molar-refractivity contribution in [3.8, 4) is 23.0 Å². The highest BCUT2D eigenvalue weighted by atomic mass is 35.5. The molecule has 0 radical (unpaired) electrons. The van der Waals surface area contributed by atoms with E-state index in [1.165, 1.54) is 18.0 Å². The normalized spacial score (nSPS) is 10.8. The summed E-state index contributed by atoms with van der Waals surface area (Å²) in [5.74, 6) is 0.629. The van der Waals surface area contributed by atoms with Crippen molar-refractivity contribution in [1.82, 2.24) is 20.2 Å². The molecule has 8 heteroatoms. The van der Waals surface area contributed by atoms with Gasteiger partial charge in [0.2, 0.25) is 5.89 Å².